The van der Waals surface area contributed by atoms with Gasteiger partial charge in [-0.05, 0) is 19.5 Å². The van der Waals surface area contributed by atoms with E-state index in [0.717, 1.165) is 26.2 Å². The summed E-state index contributed by atoms with van der Waals surface area (Å²) in [5.41, 5.74) is 6.91. The molecule has 134 valence electrons. The van der Waals surface area contributed by atoms with Crippen LogP contribution in [0.25, 0.3) is 0 Å². The third-order valence-corrected chi connectivity index (χ3v) is 4.93. The van der Waals surface area contributed by atoms with Crippen molar-refractivity contribution in [2.75, 3.05) is 33.2 Å². The van der Waals surface area contributed by atoms with Crippen molar-refractivity contribution in [2.45, 2.75) is 25.0 Å². The fourth-order valence-corrected chi connectivity index (χ4v) is 3.36. The highest BCUT2D eigenvalue weighted by Crippen LogP contribution is 2.31. The predicted octanol–water partition coefficient (Wildman–Crippen LogP) is 1.24. The highest BCUT2D eigenvalue weighted by atomic mass is 19.1. The van der Waals surface area contributed by atoms with E-state index < -0.39 is 0 Å². The third kappa shape index (κ3) is 3.72. The first-order valence-electron chi connectivity index (χ1n) is 8.68. The fourth-order valence-electron chi connectivity index (χ4n) is 3.36. The molecule has 2 aliphatic rings. The molecule has 1 aromatic heterocycles. The second-order valence-corrected chi connectivity index (χ2v) is 6.78. The first-order chi connectivity index (χ1) is 12.2. The molecular formula is C17H23FN6O. The smallest absolute Gasteiger partial charge is 0.245 e. The number of likely N-dealkylation sites (N-methyl/N-ethyl adjacent to an activating group) is 1. The molecule has 1 aromatic carbocycles. The Morgan fingerprint density at radius 3 is 2.72 bits per heavy atom. The lowest BCUT2D eigenvalue weighted by molar-refractivity contribution is 0.144. The minimum absolute atomic E-state index is 0.112. The van der Waals surface area contributed by atoms with Gasteiger partial charge in [0.1, 0.15) is 11.9 Å². The van der Waals surface area contributed by atoms with E-state index in [1.54, 1.807) is 12.1 Å². The summed E-state index contributed by atoms with van der Waals surface area (Å²) in [4.78, 5) is 9.17. The van der Waals surface area contributed by atoms with Crippen LogP contribution in [-0.2, 0) is 6.54 Å². The van der Waals surface area contributed by atoms with Crippen LogP contribution < -0.4 is 10.9 Å². The van der Waals surface area contributed by atoms with Gasteiger partial charge in [0, 0.05) is 31.7 Å². The van der Waals surface area contributed by atoms with Crippen LogP contribution in [0.1, 0.15) is 35.8 Å². The summed E-state index contributed by atoms with van der Waals surface area (Å²) < 4.78 is 19.4. The number of halogens is 1. The molecule has 2 saturated heterocycles. The summed E-state index contributed by atoms with van der Waals surface area (Å²) in [6.07, 6.45) is 0.664. The molecule has 2 aromatic rings. The Morgan fingerprint density at radius 1 is 1.16 bits per heavy atom. The monoisotopic (exact) mass is 346 g/mol. The Labute approximate surface area is 146 Å². The van der Waals surface area contributed by atoms with Gasteiger partial charge in [0.15, 0.2) is 5.82 Å². The zero-order chi connectivity index (χ0) is 17.2. The van der Waals surface area contributed by atoms with Gasteiger partial charge in [0.25, 0.3) is 0 Å². The standard InChI is InChI=1S/C17H23FN6O/c1-23-6-8-24(9-7-23)11-16-19-17(25-22-16)15-10-14(20-21-15)12-4-2-3-5-13(12)18/h2-5,14-15,20-21H,6-11H2,1H3. The SMILES string of the molecule is CN1CCN(Cc2noc(C3CC(c4ccccc4F)NN3)n2)CC1. The predicted molar refractivity (Wildman–Crippen MR) is 89.8 cm³/mol. The van der Waals surface area contributed by atoms with Crippen LogP contribution in [0.3, 0.4) is 0 Å². The maximum absolute atomic E-state index is 13.9. The van der Waals surface area contributed by atoms with E-state index in [-0.39, 0.29) is 17.9 Å². The number of hydrogen-bond donors (Lipinski definition) is 2. The Kier molecular flexibility index (Phi) is 4.76. The van der Waals surface area contributed by atoms with Gasteiger partial charge in [-0.2, -0.15) is 4.98 Å². The molecule has 7 nitrogen and oxygen atoms in total. The quantitative estimate of drug-likeness (QED) is 0.863. The minimum Gasteiger partial charge on any atom is -0.338 e. The van der Waals surface area contributed by atoms with Crippen LogP contribution in [-0.4, -0.2) is 53.2 Å². The minimum atomic E-state index is -0.205. The average molecular weight is 346 g/mol. The number of hydrazine groups is 1. The molecule has 2 unspecified atom stereocenters. The van der Waals surface area contributed by atoms with E-state index >= 15 is 0 Å². The topological polar surface area (TPSA) is 69.5 Å². The summed E-state index contributed by atoms with van der Waals surface area (Å²) in [6.45, 7) is 4.85. The van der Waals surface area contributed by atoms with E-state index in [9.17, 15) is 4.39 Å². The first-order valence-corrected chi connectivity index (χ1v) is 8.68. The molecular weight excluding hydrogens is 323 g/mol. The summed E-state index contributed by atoms with van der Waals surface area (Å²) in [5.74, 6) is 1.05. The fraction of sp³-hybridized carbons (Fsp3) is 0.529. The molecule has 25 heavy (non-hydrogen) atoms. The second-order valence-electron chi connectivity index (χ2n) is 6.78. The lowest BCUT2D eigenvalue weighted by Crippen LogP contribution is -2.44. The van der Waals surface area contributed by atoms with Crippen molar-refractivity contribution in [2.24, 2.45) is 0 Å². The number of aromatic nitrogens is 2. The normalized spacial score (nSPS) is 25.5. The van der Waals surface area contributed by atoms with Crippen molar-refractivity contribution in [1.29, 1.82) is 0 Å². The molecule has 2 aliphatic heterocycles. The molecule has 0 spiro atoms. The van der Waals surface area contributed by atoms with Gasteiger partial charge >= 0.3 is 0 Å². The Hall–Kier alpha value is -1.87. The molecule has 0 radical (unpaired) electrons. The van der Waals surface area contributed by atoms with Crippen molar-refractivity contribution < 1.29 is 8.91 Å². The summed E-state index contributed by atoms with van der Waals surface area (Å²) in [6, 6.07) is 6.59. The van der Waals surface area contributed by atoms with Crippen LogP contribution in [0.2, 0.25) is 0 Å². The van der Waals surface area contributed by atoms with Crippen LogP contribution in [0.4, 0.5) is 4.39 Å². The lowest BCUT2D eigenvalue weighted by atomic mass is 10.0. The van der Waals surface area contributed by atoms with E-state index in [1.165, 1.54) is 6.07 Å². The van der Waals surface area contributed by atoms with Gasteiger partial charge in [-0.1, -0.05) is 23.4 Å². The zero-order valence-electron chi connectivity index (χ0n) is 14.3. The molecule has 8 heteroatoms. The number of piperazine rings is 1. The number of benzene rings is 1. The van der Waals surface area contributed by atoms with Crippen LogP contribution in [0.5, 0.6) is 0 Å². The zero-order valence-corrected chi connectivity index (χ0v) is 14.3. The van der Waals surface area contributed by atoms with E-state index in [0.29, 0.717) is 30.2 Å². The number of nitrogens with zero attached hydrogens (tertiary/aromatic N) is 4. The molecule has 3 heterocycles. The number of nitrogens with one attached hydrogen (secondary N) is 2. The maximum Gasteiger partial charge on any atom is 0.245 e. The lowest BCUT2D eigenvalue weighted by Gasteiger charge is -2.31. The van der Waals surface area contributed by atoms with Gasteiger partial charge in [-0.15, -0.1) is 0 Å². The molecule has 0 saturated carbocycles. The molecule has 0 aliphatic carbocycles. The van der Waals surface area contributed by atoms with Crippen LogP contribution in [0, 0.1) is 5.82 Å². The largest absolute Gasteiger partial charge is 0.338 e. The number of hydrogen-bond acceptors (Lipinski definition) is 7. The van der Waals surface area contributed by atoms with Crippen LogP contribution in [0.15, 0.2) is 28.8 Å². The summed E-state index contributed by atoms with van der Waals surface area (Å²) >= 11 is 0. The number of rotatable bonds is 4. The van der Waals surface area contributed by atoms with Crippen molar-refractivity contribution in [1.82, 2.24) is 30.8 Å². The average Bonchev–Trinajstić information content (AvgIpc) is 3.27. The van der Waals surface area contributed by atoms with Gasteiger partial charge in [0.05, 0.1) is 12.6 Å². The Bertz CT molecular complexity index is 715. The molecule has 0 bridgehead atoms. The van der Waals surface area contributed by atoms with Gasteiger partial charge in [-0.3, -0.25) is 4.90 Å². The molecule has 2 fully saturated rings. The van der Waals surface area contributed by atoms with Crippen LogP contribution >= 0.6 is 0 Å². The van der Waals surface area contributed by atoms with Crippen molar-refractivity contribution in [3.8, 4) is 0 Å². The highest BCUT2D eigenvalue weighted by molar-refractivity contribution is 5.22. The summed E-state index contributed by atoms with van der Waals surface area (Å²) in [5, 5.41) is 4.11. The van der Waals surface area contributed by atoms with Gasteiger partial charge < -0.3 is 9.42 Å². The molecule has 2 N–H and O–H groups in total. The van der Waals surface area contributed by atoms with Crippen molar-refractivity contribution in [3.63, 3.8) is 0 Å². The van der Waals surface area contributed by atoms with Crippen molar-refractivity contribution in [3.05, 3.63) is 47.4 Å². The maximum atomic E-state index is 13.9. The highest BCUT2D eigenvalue weighted by Gasteiger charge is 2.31. The van der Waals surface area contributed by atoms with Crippen molar-refractivity contribution >= 4 is 0 Å². The van der Waals surface area contributed by atoms with E-state index in [4.69, 9.17) is 4.52 Å². The first kappa shape index (κ1) is 16.6. The Balaban J connectivity index is 1.37. The molecule has 4 rings (SSSR count). The van der Waals surface area contributed by atoms with Gasteiger partial charge in [0.2, 0.25) is 5.89 Å². The Morgan fingerprint density at radius 2 is 1.92 bits per heavy atom. The van der Waals surface area contributed by atoms with Gasteiger partial charge in [-0.25, -0.2) is 15.2 Å². The summed E-state index contributed by atoms with van der Waals surface area (Å²) in [7, 11) is 2.13. The van der Waals surface area contributed by atoms with E-state index in [1.807, 2.05) is 6.07 Å². The molecule has 0 amide bonds. The third-order valence-electron chi connectivity index (χ3n) is 4.93. The molecule has 2 atom stereocenters. The second kappa shape index (κ2) is 7.17. The van der Waals surface area contributed by atoms with E-state index in [2.05, 4.69) is 37.8 Å².